The van der Waals surface area contributed by atoms with Crippen molar-refractivity contribution in [1.29, 1.82) is 0 Å². The largest absolute Gasteiger partial charge is 0.508 e. The summed E-state index contributed by atoms with van der Waals surface area (Å²) in [5, 5.41) is 9.17. The molecular formula is C20H32O3. The van der Waals surface area contributed by atoms with E-state index in [0.29, 0.717) is 12.2 Å². The van der Waals surface area contributed by atoms with E-state index < -0.39 is 0 Å². The highest BCUT2D eigenvalue weighted by atomic mass is 16.5. The maximum Gasteiger partial charge on any atom is 0.311 e. The average molecular weight is 320 g/mol. The van der Waals surface area contributed by atoms with Crippen molar-refractivity contribution in [2.45, 2.75) is 84.0 Å². The number of rotatable bonds is 13. The molecule has 0 atom stereocenters. The lowest BCUT2D eigenvalue weighted by molar-refractivity contribution is -0.134. The maximum absolute atomic E-state index is 11.7. The number of aromatic hydroxyl groups is 1. The Morgan fingerprint density at radius 1 is 0.826 bits per heavy atom. The normalized spacial score (nSPS) is 10.7. The second-order valence-corrected chi connectivity index (χ2v) is 6.25. The highest BCUT2D eigenvalue weighted by Gasteiger charge is 2.04. The Bertz CT molecular complexity index is 411. The summed E-state index contributed by atoms with van der Waals surface area (Å²) < 4.78 is 5.21. The number of unbranched alkanes of at least 4 members (excludes halogenated alkanes) is 10. The van der Waals surface area contributed by atoms with Gasteiger partial charge in [-0.25, -0.2) is 0 Å². The van der Waals surface area contributed by atoms with Crippen LogP contribution in [0.4, 0.5) is 0 Å². The summed E-state index contributed by atoms with van der Waals surface area (Å²) in [6.45, 7) is 2.25. The van der Waals surface area contributed by atoms with Crippen molar-refractivity contribution in [1.82, 2.24) is 0 Å². The van der Waals surface area contributed by atoms with Gasteiger partial charge < -0.3 is 9.84 Å². The van der Waals surface area contributed by atoms with Crippen LogP contribution >= 0.6 is 0 Å². The Morgan fingerprint density at radius 3 is 1.83 bits per heavy atom. The predicted molar refractivity (Wildman–Crippen MR) is 94.8 cm³/mol. The van der Waals surface area contributed by atoms with E-state index in [0.717, 1.165) is 12.8 Å². The number of phenols is 1. The minimum Gasteiger partial charge on any atom is -0.508 e. The van der Waals surface area contributed by atoms with E-state index >= 15 is 0 Å². The summed E-state index contributed by atoms with van der Waals surface area (Å²) in [6, 6.07) is 6.25. The summed E-state index contributed by atoms with van der Waals surface area (Å²) in [7, 11) is 0. The number of benzene rings is 1. The molecule has 0 aliphatic heterocycles. The van der Waals surface area contributed by atoms with Crippen molar-refractivity contribution >= 4 is 5.97 Å². The molecule has 0 radical (unpaired) electrons. The number of hydrogen-bond acceptors (Lipinski definition) is 3. The Labute approximate surface area is 141 Å². The van der Waals surface area contributed by atoms with Gasteiger partial charge in [-0.05, 0) is 30.7 Å². The lowest BCUT2D eigenvalue weighted by atomic mass is 10.1. The molecule has 0 fully saturated rings. The molecule has 0 saturated carbocycles. The first-order valence-electron chi connectivity index (χ1n) is 9.22. The molecule has 0 heterocycles. The van der Waals surface area contributed by atoms with Crippen molar-refractivity contribution < 1.29 is 14.6 Å². The minimum absolute atomic E-state index is 0.176. The number of esters is 1. The molecule has 0 aliphatic carbocycles. The first-order chi connectivity index (χ1) is 11.2. The van der Waals surface area contributed by atoms with Gasteiger partial charge in [0.2, 0.25) is 0 Å². The highest BCUT2D eigenvalue weighted by molar-refractivity contribution is 5.72. The molecule has 0 saturated heterocycles. The maximum atomic E-state index is 11.7. The van der Waals surface area contributed by atoms with Gasteiger partial charge in [-0.15, -0.1) is 0 Å². The van der Waals surface area contributed by atoms with Crippen molar-refractivity contribution in [3.8, 4) is 11.5 Å². The van der Waals surface area contributed by atoms with Gasteiger partial charge in [0.25, 0.3) is 0 Å². The van der Waals surface area contributed by atoms with Gasteiger partial charge in [0.05, 0.1) is 0 Å². The van der Waals surface area contributed by atoms with Crippen LogP contribution in [-0.4, -0.2) is 11.1 Å². The van der Waals surface area contributed by atoms with Gasteiger partial charge in [0.15, 0.2) is 0 Å². The quantitative estimate of drug-likeness (QED) is 0.275. The summed E-state index contributed by atoms with van der Waals surface area (Å²) >= 11 is 0. The molecular weight excluding hydrogens is 288 g/mol. The van der Waals surface area contributed by atoms with Crippen molar-refractivity contribution in [3.63, 3.8) is 0 Å². The van der Waals surface area contributed by atoms with Crippen LogP contribution in [0, 0.1) is 0 Å². The molecule has 130 valence electrons. The molecule has 0 bridgehead atoms. The Morgan fingerprint density at radius 2 is 1.30 bits per heavy atom. The van der Waals surface area contributed by atoms with E-state index in [2.05, 4.69) is 6.92 Å². The molecule has 3 nitrogen and oxygen atoms in total. The Hall–Kier alpha value is -1.51. The zero-order chi connectivity index (χ0) is 16.8. The molecule has 0 aliphatic rings. The molecule has 0 unspecified atom stereocenters. The van der Waals surface area contributed by atoms with E-state index in [-0.39, 0.29) is 11.7 Å². The van der Waals surface area contributed by atoms with Gasteiger partial charge in [-0.3, -0.25) is 4.79 Å². The molecule has 3 heteroatoms. The van der Waals surface area contributed by atoms with Crippen LogP contribution in [0.25, 0.3) is 0 Å². The fourth-order valence-corrected chi connectivity index (χ4v) is 2.63. The first kappa shape index (κ1) is 19.5. The SMILES string of the molecule is CCCCCCCCCCCCCC(=O)Oc1ccc(O)cc1. The van der Waals surface area contributed by atoms with E-state index in [1.165, 1.54) is 69.9 Å². The number of carbonyl (C=O) groups is 1. The lowest BCUT2D eigenvalue weighted by Crippen LogP contribution is -2.07. The third-order valence-corrected chi connectivity index (χ3v) is 4.05. The highest BCUT2D eigenvalue weighted by Crippen LogP contribution is 2.17. The van der Waals surface area contributed by atoms with E-state index in [1.54, 1.807) is 12.1 Å². The smallest absolute Gasteiger partial charge is 0.311 e. The Kier molecular flexibility index (Phi) is 11.0. The third kappa shape index (κ3) is 10.8. The zero-order valence-electron chi connectivity index (χ0n) is 14.6. The monoisotopic (exact) mass is 320 g/mol. The zero-order valence-corrected chi connectivity index (χ0v) is 14.6. The van der Waals surface area contributed by atoms with Crippen LogP contribution in [0.2, 0.25) is 0 Å². The van der Waals surface area contributed by atoms with Crippen molar-refractivity contribution in [2.24, 2.45) is 0 Å². The summed E-state index contributed by atoms with van der Waals surface area (Å²) in [6.07, 6.45) is 14.5. The third-order valence-electron chi connectivity index (χ3n) is 4.05. The predicted octanol–water partition coefficient (Wildman–Crippen LogP) is 6.00. The molecule has 1 aromatic rings. The summed E-state index contributed by atoms with van der Waals surface area (Å²) in [5.74, 6) is 0.484. The second-order valence-electron chi connectivity index (χ2n) is 6.25. The molecule has 23 heavy (non-hydrogen) atoms. The van der Waals surface area contributed by atoms with Gasteiger partial charge in [-0.2, -0.15) is 0 Å². The van der Waals surface area contributed by atoms with Crippen molar-refractivity contribution in [2.75, 3.05) is 0 Å². The average Bonchev–Trinajstić information content (AvgIpc) is 2.55. The molecule has 1 N–H and O–H groups in total. The lowest BCUT2D eigenvalue weighted by Gasteiger charge is -2.05. The van der Waals surface area contributed by atoms with Crippen LogP contribution in [0.3, 0.4) is 0 Å². The topological polar surface area (TPSA) is 46.5 Å². The second kappa shape index (κ2) is 13.0. The molecule has 1 aromatic carbocycles. The van der Waals surface area contributed by atoms with Crippen LogP contribution in [-0.2, 0) is 4.79 Å². The van der Waals surface area contributed by atoms with Gasteiger partial charge in [-0.1, -0.05) is 71.1 Å². The number of hydrogen-bond donors (Lipinski definition) is 1. The van der Waals surface area contributed by atoms with Crippen LogP contribution in [0.15, 0.2) is 24.3 Å². The first-order valence-corrected chi connectivity index (χ1v) is 9.22. The molecule has 0 aromatic heterocycles. The minimum atomic E-state index is -0.188. The molecule has 0 spiro atoms. The fourth-order valence-electron chi connectivity index (χ4n) is 2.63. The number of phenolic OH excluding ortho intramolecular Hbond substituents is 1. The van der Waals surface area contributed by atoms with E-state index in [1.807, 2.05) is 0 Å². The van der Waals surface area contributed by atoms with Crippen molar-refractivity contribution in [3.05, 3.63) is 24.3 Å². The number of carbonyl (C=O) groups excluding carboxylic acids is 1. The van der Waals surface area contributed by atoms with Crippen LogP contribution < -0.4 is 4.74 Å². The Balaban J connectivity index is 1.90. The molecule has 1 rings (SSSR count). The standard InChI is InChI=1S/C20H32O3/c1-2-3-4-5-6-7-8-9-10-11-12-13-20(22)23-19-16-14-18(21)15-17-19/h14-17,21H,2-13H2,1H3. The van der Waals surface area contributed by atoms with Crippen LogP contribution in [0.5, 0.6) is 11.5 Å². The van der Waals surface area contributed by atoms with E-state index in [9.17, 15) is 4.79 Å². The van der Waals surface area contributed by atoms with Gasteiger partial charge in [0.1, 0.15) is 11.5 Å². The summed E-state index contributed by atoms with van der Waals surface area (Å²) in [5.41, 5.74) is 0. The fraction of sp³-hybridized carbons (Fsp3) is 0.650. The summed E-state index contributed by atoms with van der Waals surface area (Å²) in [4.78, 5) is 11.7. The van der Waals surface area contributed by atoms with Gasteiger partial charge >= 0.3 is 5.97 Å². The molecule has 0 amide bonds. The van der Waals surface area contributed by atoms with Crippen LogP contribution in [0.1, 0.15) is 84.0 Å². The number of ether oxygens (including phenoxy) is 1. The van der Waals surface area contributed by atoms with E-state index in [4.69, 9.17) is 9.84 Å². The van der Waals surface area contributed by atoms with Gasteiger partial charge in [0, 0.05) is 6.42 Å².